The molecule has 0 atom stereocenters. The van der Waals surface area contributed by atoms with Gasteiger partial charge in [-0.15, -0.1) is 0 Å². The minimum absolute atomic E-state index is 0.267. The van der Waals surface area contributed by atoms with Crippen LogP contribution in [-0.4, -0.2) is 15.7 Å². The number of hydrogen-bond donors (Lipinski definition) is 1. The summed E-state index contributed by atoms with van der Waals surface area (Å²) in [6.45, 7) is 1.90. The maximum Gasteiger partial charge on any atom is 0.276 e. The molecule has 0 unspecified atom stereocenters. The summed E-state index contributed by atoms with van der Waals surface area (Å²) < 4.78 is 2.36. The molecule has 18 heavy (non-hydrogen) atoms. The number of carbonyl (C=O) groups is 1. The zero-order chi connectivity index (χ0) is 13.3. The average molecular weight is 329 g/mol. The first kappa shape index (κ1) is 13.1. The Bertz CT molecular complexity index is 609. The summed E-state index contributed by atoms with van der Waals surface area (Å²) in [5, 5.41) is 7.40. The van der Waals surface area contributed by atoms with E-state index in [1.807, 2.05) is 13.0 Å². The zero-order valence-electron chi connectivity index (χ0n) is 9.87. The number of nitrogens with one attached hydrogen (secondary N) is 1. The maximum atomic E-state index is 11.9. The first-order valence-corrected chi connectivity index (χ1v) is 6.41. The Morgan fingerprint density at radius 1 is 1.50 bits per heavy atom. The Morgan fingerprint density at radius 2 is 2.22 bits per heavy atom. The minimum Gasteiger partial charge on any atom is -0.319 e. The molecular weight excluding hydrogens is 318 g/mol. The highest BCUT2D eigenvalue weighted by Gasteiger charge is 2.12. The van der Waals surface area contributed by atoms with Gasteiger partial charge in [0.05, 0.1) is 5.69 Å². The van der Waals surface area contributed by atoms with Gasteiger partial charge in [-0.2, -0.15) is 5.10 Å². The van der Waals surface area contributed by atoms with Crippen LogP contribution in [0.25, 0.3) is 0 Å². The monoisotopic (exact) mass is 327 g/mol. The van der Waals surface area contributed by atoms with Gasteiger partial charge < -0.3 is 5.32 Å². The molecule has 0 fully saturated rings. The minimum atomic E-state index is -0.267. The van der Waals surface area contributed by atoms with Crippen LogP contribution in [0.1, 0.15) is 16.1 Å². The van der Waals surface area contributed by atoms with Crippen LogP contribution in [0.15, 0.2) is 28.9 Å². The van der Waals surface area contributed by atoms with Gasteiger partial charge in [-0.05, 0) is 46.6 Å². The number of rotatable bonds is 2. The fraction of sp³-hybridized carbons (Fsp3) is 0.167. The average Bonchev–Trinajstić information content (AvgIpc) is 2.73. The summed E-state index contributed by atoms with van der Waals surface area (Å²) >= 11 is 9.42. The second-order valence-electron chi connectivity index (χ2n) is 3.91. The first-order chi connectivity index (χ1) is 8.47. The molecular formula is C12H11BrClN3O. The predicted molar refractivity (Wildman–Crippen MR) is 75.1 cm³/mol. The Labute approximate surface area is 118 Å². The predicted octanol–water partition coefficient (Wildman–Crippen LogP) is 3.40. The largest absolute Gasteiger partial charge is 0.319 e. The van der Waals surface area contributed by atoms with Crippen molar-refractivity contribution in [3.63, 3.8) is 0 Å². The molecule has 1 aromatic carbocycles. The molecule has 94 valence electrons. The van der Waals surface area contributed by atoms with Crippen LogP contribution in [0, 0.1) is 6.92 Å². The van der Waals surface area contributed by atoms with Gasteiger partial charge in [-0.3, -0.25) is 9.48 Å². The van der Waals surface area contributed by atoms with Gasteiger partial charge in [-0.25, -0.2) is 0 Å². The third-order valence-electron chi connectivity index (χ3n) is 2.44. The molecule has 0 spiro atoms. The summed E-state index contributed by atoms with van der Waals surface area (Å²) in [6.07, 6.45) is 1.71. The van der Waals surface area contributed by atoms with Gasteiger partial charge in [0.2, 0.25) is 0 Å². The Kier molecular flexibility index (Phi) is 3.73. The quantitative estimate of drug-likeness (QED) is 0.918. The van der Waals surface area contributed by atoms with E-state index in [1.165, 1.54) is 0 Å². The molecule has 1 aromatic heterocycles. The molecule has 1 heterocycles. The molecule has 1 amide bonds. The van der Waals surface area contributed by atoms with Crippen molar-refractivity contribution in [3.8, 4) is 0 Å². The standard InChI is InChI=1S/C12H11BrClN3O/c1-7-5-8(13)11(6-9(7)14)15-12(18)10-3-4-17(2)16-10/h3-6H,1-2H3,(H,15,18). The topological polar surface area (TPSA) is 46.9 Å². The van der Waals surface area contributed by atoms with Crippen molar-refractivity contribution >= 4 is 39.1 Å². The number of anilines is 1. The summed E-state index contributed by atoms with van der Waals surface area (Å²) in [4.78, 5) is 11.9. The number of amides is 1. The van der Waals surface area contributed by atoms with Crippen molar-refractivity contribution in [1.82, 2.24) is 9.78 Å². The van der Waals surface area contributed by atoms with Crippen molar-refractivity contribution in [2.75, 3.05) is 5.32 Å². The fourth-order valence-corrected chi connectivity index (χ4v) is 2.19. The van der Waals surface area contributed by atoms with Crippen LogP contribution in [-0.2, 0) is 7.05 Å². The van der Waals surface area contributed by atoms with Crippen LogP contribution in [0.2, 0.25) is 5.02 Å². The van der Waals surface area contributed by atoms with E-state index in [2.05, 4.69) is 26.3 Å². The third-order valence-corrected chi connectivity index (χ3v) is 3.51. The number of aromatic nitrogens is 2. The van der Waals surface area contributed by atoms with Crippen molar-refractivity contribution in [3.05, 3.63) is 45.1 Å². The molecule has 0 aliphatic heterocycles. The van der Waals surface area contributed by atoms with E-state index in [0.29, 0.717) is 16.4 Å². The molecule has 4 nitrogen and oxygen atoms in total. The molecule has 0 saturated heterocycles. The second kappa shape index (κ2) is 5.12. The Balaban J connectivity index is 2.24. The van der Waals surface area contributed by atoms with Crippen LogP contribution in [0.4, 0.5) is 5.69 Å². The summed E-state index contributed by atoms with van der Waals surface area (Å²) in [7, 11) is 1.76. The molecule has 2 rings (SSSR count). The summed E-state index contributed by atoms with van der Waals surface area (Å²) in [6, 6.07) is 5.22. The SMILES string of the molecule is Cc1cc(Br)c(NC(=O)c2ccn(C)n2)cc1Cl. The molecule has 0 saturated carbocycles. The molecule has 0 bridgehead atoms. The van der Waals surface area contributed by atoms with Crippen LogP contribution < -0.4 is 5.32 Å². The molecule has 0 aliphatic carbocycles. The van der Waals surface area contributed by atoms with E-state index < -0.39 is 0 Å². The highest BCUT2D eigenvalue weighted by molar-refractivity contribution is 9.10. The van der Waals surface area contributed by atoms with E-state index >= 15 is 0 Å². The van der Waals surface area contributed by atoms with Gasteiger partial charge in [0, 0.05) is 22.7 Å². The smallest absolute Gasteiger partial charge is 0.276 e. The summed E-state index contributed by atoms with van der Waals surface area (Å²) in [5.74, 6) is -0.267. The zero-order valence-corrected chi connectivity index (χ0v) is 12.2. The maximum absolute atomic E-state index is 11.9. The molecule has 6 heteroatoms. The molecule has 2 aromatic rings. The number of benzene rings is 1. The van der Waals surface area contributed by atoms with Crippen molar-refractivity contribution in [1.29, 1.82) is 0 Å². The molecule has 0 aliphatic rings. The van der Waals surface area contributed by atoms with E-state index in [1.54, 1.807) is 30.1 Å². The lowest BCUT2D eigenvalue weighted by atomic mass is 10.2. The third kappa shape index (κ3) is 2.73. The number of nitrogens with zero attached hydrogens (tertiary/aromatic N) is 2. The van der Waals surface area contributed by atoms with Crippen LogP contribution >= 0.6 is 27.5 Å². The summed E-state index contributed by atoms with van der Waals surface area (Å²) in [5.41, 5.74) is 1.93. The highest BCUT2D eigenvalue weighted by Crippen LogP contribution is 2.29. The number of hydrogen-bond acceptors (Lipinski definition) is 2. The van der Waals surface area contributed by atoms with Crippen molar-refractivity contribution < 1.29 is 4.79 Å². The highest BCUT2D eigenvalue weighted by atomic mass is 79.9. The van der Waals surface area contributed by atoms with Gasteiger partial charge in [0.1, 0.15) is 0 Å². The molecule has 1 N–H and O–H groups in total. The normalized spacial score (nSPS) is 10.4. The first-order valence-electron chi connectivity index (χ1n) is 5.24. The van der Waals surface area contributed by atoms with E-state index in [0.717, 1.165) is 10.0 Å². The second-order valence-corrected chi connectivity index (χ2v) is 5.17. The number of carbonyl (C=O) groups excluding carboxylic acids is 1. The molecule has 0 radical (unpaired) electrons. The van der Waals surface area contributed by atoms with Crippen molar-refractivity contribution in [2.24, 2.45) is 7.05 Å². The van der Waals surface area contributed by atoms with Gasteiger partial charge in [-0.1, -0.05) is 11.6 Å². The lowest BCUT2D eigenvalue weighted by Gasteiger charge is -2.08. The van der Waals surface area contributed by atoms with Crippen molar-refractivity contribution in [2.45, 2.75) is 6.92 Å². The fourth-order valence-electron chi connectivity index (χ4n) is 1.46. The van der Waals surface area contributed by atoms with E-state index in [4.69, 9.17) is 11.6 Å². The van der Waals surface area contributed by atoms with Crippen LogP contribution in [0.3, 0.4) is 0 Å². The van der Waals surface area contributed by atoms with Gasteiger partial charge in [0.15, 0.2) is 5.69 Å². The number of aryl methyl sites for hydroxylation is 2. The van der Waals surface area contributed by atoms with Crippen LogP contribution in [0.5, 0.6) is 0 Å². The Hall–Kier alpha value is -1.33. The van der Waals surface area contributed by atoms with Gasteiger partial charge >= 0.3 is 0 Å². The van der Waals surface area contributed by atoms with Gasteiger partial charge in [0.25, 0.3) is 5.91 Å². The lowest BCUT2D eigenvalue weighted by molar-refractivity contribution is 0.102. The van der Waals surface area contributed by atoms with E-state index in [-0.39, 0.29) is 5.91 Å². The van der Waals surface area contributed by atoms with E-state index in [9.17, 15) is 4.79 Å². The lowest BCUT2D eigenvalue weighted by Crippen LogP contribution is -2.13. The number of halogens is 2. The Morgan fingerprint density at radius 3 is 2.83 bits per heavy atom.